The maximum absolute atomic E-state index is 11.9. The molecule has 1 fully saturated rings. The molecule has 0 aromatic carbocycles. The highest BCUT2D eigenvalue weighted by molar-refractivity contribution is 6.03. The fraction of sp³-hybridized carbons (Fsp3) is 0.833. The third kappa shape index (κ3) is 2.21. The second-order valence-corrected chi connectivity index (χ2v) is 4.53. The maximum atomic E-state index is 11.9. The van der Waals surface area contributed by atoms with Crippen LogP contribution in [0.5, 0.6) is 0 Å². The molecule has 1 aliphatic rings. The van der Waals surface area contributed by atoms with Crippen molar-refractivity contribution in [2.75, 3.05) is 7.11 Å². The highest BCUT2D eigenvalue weighted by Crippen LogP contribution is 2.41. The zero-order valence-electron chi connectivity index (χ0n) is 9.84. The van der Waals surface area contributed by atoms with Crippen LogP contribution in [0.25, 0.3) is 0 Å². The van der Waals surface area contributed by atoms with Crippen LogP contribution in [-0.2, 0) is 14.3 Å². The summed E-state index contributed by atoms with van der Waals surface area (Å²) < 4.78 is 4.79. The summed E-state index contributed by atoms with van der Waals surface area (Å²) in [4.78, 5) is 23.6. The van der Waals surface area contributed by atoms with Gasteiger partial charge in [-0.15, -0.1) is 0 Å². The summed E-state index contributed by atoms with van der Waals surface area (Å²) in [6.45, 7) is 3.97. The molecule has 0 radical (unpaired) electrons. The molecule has 0 bridgehead atoms. The summed E-state index contributed by atoms with van der Waals surface area (Å²) in [5, 5.41) is 0. The Hall–Kier alpha value is -0.860. The molecule has 0 aliphatic heterocycles. The minimum atomic E-state index is -0.823. The standard InChI is InChI=1S/C12H20O3/c1-4-10(13)12(11(14)15-3)7-5-9(2)6-8-12/h9H,4-8H2,1-3H3. The molecular formula is C12H20O3. The highest BCUT2D eigenvalue weighted by atomic mass is 16.5. The van der Waals surface area contributed by atoms with Gasteiger partial charge in [0, 0.05) is 6.42 Å². The van der Waals surface area contributed by atoms with E-state index in [2.05, 4.69) is 6.92 Å². The molecule has 0 unspecified atom stereocenters. The largest absolute Gasteiger partial charge is 0.468 e. The third-order valence-electron chi connectivity index (χ3n) is 3.56. The number of esters is 1. The van der Waals surface area contributed by atoms with E-state index in [1.165, 1.54) is 7.11 Å². The summed E-state index contributed by atoms with van der Waals surface area (Å²) in [5.74, 6) is 0.329. The molecule has 0 N–H and O–H groups in total. The third-order valence-corrected chi connectivity index (χ3v) is 3.56. The lowest BCUT2D eigenvalue weighted by molar-refractivity contribution is -0.161. The van der Waals surface area contributed by atoms with Crippen molar-refractivity contribution in [2.24, 2.45) is 11.3 Å². The Morgan fingerprint density at radius 1 is 1.33 bits per heavy atom. The molecule has 0 saturated heterocycles. The van der Waals surface area contributed by atoms with Crippen molar-refractivity contribution in [3.63, 3.8) is 0 Å². The van der Waals surface area contributed by atoms with Gasteiger partial charge < -0.3 is 4.74 Å². The quantitative estimate of drug-likeness (QED) is 0.532. The first-order valence-corrected chi connectivity index (χ1v) is 5.68. The highest BCUT2D eigenvalue weighted by Gasteiger charge is 2.47. The number of methoxy groups -OCH3 is 1. The zero-order valence-corrected chi connectivity index (χ0v) is 9.84. The average Bonchev–Trinajstić information content (AvgIpc) is 2.28. The van der Waals surface area contributed by atoms with Crippen LogP contribution in [0, 0.1) is 11.3 Å². The summed E-state index contributed by atoms with van der Waals surface area (Å²) >= 11 is 0. The van der Waals surface area contributed by atoms with Gasteiger partial charge >= 0.3 is 5.97 Å². The van der Waals surface area contributed by atoms with Gasteiger partial charge in [-0.1, -0.05) is 13.8 Å². The van der Waals surface area contributed by atoms with E-state index in [9.17, 15) is 9.59 Å². The molecule has 1 saturated carbocycles. The fourth-order valence-electron chi connectivity index (χ4n) is 2.39. The predicted molar refractivity (Wildman–Crippen MR) is 57.4 cm³/mol. The van der Waals surface area contributed by atoms with Crippen LogP contribution >= 0.6 is 0 Å². The van der Waals surface area contributed by atoms with Gasteiger partial charge in [0.2, 0.25) is 0 Å². The van der Waals surface area contributed by atoms with Crippen LogP contribution < -0.4 is 0 Å². The minimum absolute atomic E-state index is 0.0428. The molecule has 0 heterocycles. The van der Waals surface area contributed by atoms with Crippen molar-refractivity contribution in [3.8, 4) is 0 Å². The van der Waals surface area contributed by atoms with E-state index < -0.39 is 5.41 Å². The van der Waals surface area contributed by atoms with Crippen molar-refractivity contribution >= 4 is 11.8 Å². The van der Waals surface area contributed by atoms with Crippen LogP contribution in [0.4, 0.5) is 0 Å². The Morgan fingerprint density at radius 2 is 1.87 bits per heavy atom. The van der Waals surface area contributed by atoms with Crippen LogP contribution in [0.15, 0.2) is 0 Å². The van der Waals surface area contributed by atoms with E-state index in [0.717, 1.165) is 12.8 Å². The number of ketones is 1. The summed E-state index contributed by atoms with van der Waals surface area (Å²) in [6.07, 6.45) is 3.63. The van der Waals surface area contributed by atoms with Crippen molar-refractivity contribution in [3.05, 3.63) is 0 Å². The Balaban J connectivity index is 2.87. The number of carbonyl (C=O) groups is 2. The summed E-state index contributed by atoms with van der Waals surface area (Å²) in [5.41, 5.74) is -0.823. The Kier molecular flexibility index (Phi) is 3.89. The lowest BCUT2D eigenvalue weighted by atomic mass is 9.68. The number of rotatable bonds is 3. The topological polar surface area (TPSA) is 43.4 Å². The van der Waals surface area contributed by atoms with Crippen LogP contribution in [0.1, 0.15) is 46.0 Å². The number of Topliss-reactive ketones (excluding diaryl/α,β-unsaturated/α-hetero) is 1. The number of carbonyl (C=O) groups excluding carboxylic acids is 2. The van der Waals surface area contributed by atoms with Gasteiger partial charge in [0.15, 0.2) is 0 Å². The van der Waals surface area contributed by atoms with E-state index in [1.54, 1.807) is 0 Å². The zero-order chi connectivity index (χ0) is 11.5. The van der Waals surface area contributed by atoms with E-state index in [4.69, 9.17) is 4.74 Å². The van der Waals surface area contributed by atoms with Gasteiger partial charge in [-0.25, -0.2) is 0 Å². The molecule has 0 aromatic rings. The van der Waals surface area contributed by atoms with Gasteiger partial charge in [-0.05, 0) is 31.6 Å². The predicted octanol–water partition coefficient (Wildman–Crippen LogP) is 2.33. The van der Waals surface area contributed by atoms with Crippen molar-refractivity contribution in [2.45, 2.75) is 46.0 Å². The Bertz CT molecular complexity index is 232. The molecule has 0 amide bonds. The molecule has 0 spiro atoms. The Labute approximate surface area is 91.2 Å². The average molecular weight is 212 g/mol. The van der Waals surface area contributed by atoms with Gasteiger partial charge in [-0.2, -0.15) is 0 Å². The monoisotopic (exact) mass is 212 g/mol. The van der Waals surface area contributed by atoms with E-state index in [-0.39, 0.29) is 11.8 Å². The number of hydrogen-bond acceptors (Lipinski definition) is 3. The van der Waals surface area contributed by atoms with E-state index >= 15 is 0 Å². The minimum Gasteiger partial charge on any atom is -0.468 e. The maximum Gasteiger partial charge on any atom is 0.319 e. The first kappa shape index (κ1) is 12.2. The van der Waals surface area contributed by atoms with E-state index in [0.29, 0.717) is 25.2 Å². The SMILES string of the molecule is CCC(=O)C1(C(=O)OC)CCC(C)CC1. The molecule has 0 atom stereocenters. The molecule has 3 heteroatoms. The lowest BCUT2D eigenvalue weighted by Crippen LogP contribution is -2.42. The Morgan fingerprint density at radius 3 is 2.27 bits per heavy atom. The van der Waals surface area contributed by atoms with Crippen molar-refractivity contribution < 1.29 is 14.3 Å². The van der Waals surface area contributed by atoms with Crippen LogP contribution in [0.2, 0.25) is 0 Å². The summed E-state index contributed by atoms with van der Waals surface area (Å²) in [6, 6.07) is 0. The van der Waals surface area contributed by atoms with Crippen LogP contribution in [0.3, 0.4) is 0 Å². The first-order valence-electron chi connectivity index (χ1n) is 5.68. The number of ether oxygens (including phenoxy) is 1. The second-order valence-electron chi connectivity index (χ2n) is 4.53. The molecule has 1 rings (SSSR count). The van der Waals surface area contributed by atoms with Gasteiger partial charge in [-0.3, -0.25) is 9.59 Å². The first-order chi connectivity index (χ1) is 7.06. The summed E-state index contributed by atoms with van der Waals surface area (Å²) in [7, 11) is 1.37. The van der Waals surface area contributed by atoms with Gasteiger partial charge in [0.1, 0.15) is 11.2 Å². The molecule has 15 heavy (non-hydrogen) atoms. The molecule has 3 nitrogen and oxygen atoms in total. The fourth-order valence-corrected chi connectivity index (χ4v) is 2.39. The van der Waals surface area contributed by atoms with E-state index in [1.807, 2.05) is 6.92 Å². The molecule has 86 valence electrons. The van der Waals surface area contributed by atoms with Gasteiger partial charge in [0.25, 0.3) is 0 Å². The second kappa shape index (κ2) is 4.77. The van der Waals surface area contributed by atoms with Gasteiger partial charge in [0.05, 0.1) is 7.11 Å². The normalized spacial score (nSPS) is 31.0. The lowest BCUT2D eigenvalue weighted by Gasteiger charge is -2.35. The van der Waals surface area contributed by atoms with Crippen LogP contribution in [-0.4, -0.2) is 18.9 Å². The molecule has 0 aromatic heterocycles. The smallest absolute Gasteiger partial charge is 0.319 e. The number of hydrogen-bond donors (Lipinski definition) is 0. The molecular weight excluding hydrogens is 192 g/mol. The van der Waals surface area contributed by atoms with Crippen molar-refractivity contribution in [1.29, 1.82) is 0 Å². The molecule has 1 aliphatic carbocycles. The van der Waals surface area contributed by atoms with Crippen molar-refractivity contribution in [1.82, 2.24) is 0 Å².